The minimum Gasteiger partial charge on any atom is -0.496 e. The highest BCUT2D eigenvalue weighted by molar-refractivity contribution is 5.63. The molecule has 164 valence electrons. The van der Waals surface area contributed by atoms with Crippen LogP contribution in [0.5, 0.6) is 23.0 Å². The SMILES string of the molecule is CC.CC.CCNc1ccc(OC)c(CNc2cc(OC)c(OC)c(OC)c2)c1. The monoisotopic (exact) mass is 406 g/mol. The summed E-state index contributed by atoms with van der Waals surface area (Å²) in [6, 6.07) is 9.80. The van der Waals surface area contributed by atoms with Gasteiger partial charge in [0.05, 0.1) is 28.4 Å². The molecular weight excluding hydrogens is 368 g/mol. The lowest BCUT2D eigenvalue weighted by molar-refractivity contribution is 0.324. The Morgan fingerprint density at radius 3 is 1.66 bits per heavy atom. The van der Waals surface area contributed by atoms with Gasteiger partial charge in [-0.15, -0.1) is 0 Å². The van der Waals surface area contributed by atoms with E-state index in [1.807, 2.05) is 52.0 Å². The van der Waals surface area contributed by atoms with Crippen LogP contribution in [0.2, 0.25) is 0 Å². The van der Waals surface area contributed by atoms with Crippen LogP contribution in [0.1, 0.15) is 40.2 Å². The molecule has 0 radical (unpaired) electrons. The van der Waals surface area contributed by atoms with Gasteiger partial charge in [-0.2, -0.15) is 0 Å². The summed E-state index contributed by atoms with van der Waals surface area (Å²) in [5.74, 6) is 2.62. The van der Waals surface area contributed by atoms with E-state index in [9.17, 15) is 0 Å². The van der Waals surface area contributed by atoms with Crippen LogP contribution in [0.3, 0.4) is 0 Å². The van der Waals surface area contributed by atoms with Gasteiger partial charge in [-0.1, -0.05) is 27.7 Å². The average molecular weight is 407 g/mol. The fourth-order valence-electron chi connectivity index (χ4n) is 2.61. The Bertz CT molecular complexity index is 680. The molecule has 0 bridgehead atoms. The second-order valence-electron chi connectivity index (χ2n) is 5.32. The molecule has 2 rings (SSSR count). The van der Waals surface area contributed by atoms with Crippen LogP contribution >= 0.6 is 0 Å². The molecule has 0 spiro atoms. The van der Waals surface area contributed by atoms with E-state index in [4.69, 9.17) is 18.9 Å². The zero-order valence-corrected chi connectivity index (χ0v) is 19.4. The van der Waals surface area contributed by atoms with Crippen molar-refractivity contribution in [2.45, 2.75) is 41.2 Å². The molecular formula is C23H38N2O4. The van der Waals surface area contributed by atoms with Gasteiger partial charge in [0.15, 0.2) is 11.5 Å². The van der Waals surface area contributed by atoms with Crippen molar-refractivity contribution in [1.82, 2.24) is 0 Å². The van der Waals surface area contributed by atoms with Gasteiger partial charge in [0, 0.05) is 42.2 Å². The second kappa shape index (κ2) is 15.2. The maximum atomic E-state index is 5.46. The molecule has 2 N–H and O–H groups in total. The molecule has 0 amide bonds. The maximum Gasteiger partial charge on any atom is 0.203 e. The molecule has 0 atom stereocenters. The lowest BCUT2D eigenvalue weighted by Crippen LogP contribution is -2.05. The molecule has 6 heteroatoms. The van der Waals surface area contributed by atoms with Gasteiger partial charge in [-0.05, 0) is 25.1 Å². The van der Waals surface area contributed by atoms with E-state index in [0.29, 0.717) is 23.8 Å². The highest BCUT2D eigenvalue weighted by atomic mass is 16.5. The smallest absolute Gasteiger partial charge is 0.203 e. The van der Waals surface area contributed by atoms with E-state index in [2.05, 4.69) is 23.6 Å². The van der Waals surface area contributed by atoms with Crippen LogP contribution in [-0.4, -0.2) is 35.0 Å². The van der Waals surface area contributed by atoms with Crippen molar-refractivity contribution in [2.75, 3.05) is 45.6 Å². The molecule has 0 aliphatic carbocycles. The van der Waals surface area contributed by atoms with Crippen LogP contribution in [0.25, 0.3) is 0 Å². The number of hydrogen-bond donors (Lipinski definition) is 2. The molecule has 0 aliphatic heterocycles. The quantitative estimate of drug-likeness (QED) is 0.547. The zero-order chi connectivity index (χ0) is 22.2. The molecule has 0 saturated heterocycles. The third-order valence-corrected chi connectivity index (χ3v) is 3.81. The Labute approximate surface area is 176 Å². The van der Waals surface area contributed by atoms with Gasteiger partial charge in [0.2, 0.25) is 5.75 Å². The summed E-state index contributed by atoms with van der Waals surface area (Å²) in [5.41, 5.74) is 2.98. The fraction of sp³-hybridized carbons (Fsp3) is 0.478. The maximum absolute atomic E-state index is 5.46. The predicted octanol–water partition coefficient (Wildman–Crippen LogP) is 5.82. The summed E-state index contributed by atoms with van der Waals surface area (Å²) in [5, 5.41) is 6.69. The summed E-state index contributed by atoms with van der Waals surface area (Å²) < 4.78 is 21.6. The third kappa shape index (κ3) is 7.64. The Morgan fingerprint density at radius 2 is 1.21 bits per heavy atom. The summed E-state index contributed by atoms with van der Waals surface area (Å²) in [6.45, 7) is 11.5. The van der Waals surface area contributed by atoms with Crippen molar-refractivity contribution in [3.05, 3.63) is 35.9 Å². The zero-order valence-electron chi connectivity index (χ0n) is 19.4. The van der Waals surface area contributed by atoms with Gasteiger partial charge in [0.1, 0.15) is 5.75 Å². The van der Waals surface area contributed by atoms with Gasteiger partial charge >= 0.3 is 0 Å². The molecule has 0 heterocycles. The molecule has 29 heavy (non-hydrogen) atoms. The lowest BCUT2D eigenvalue weighted by atomic mass is 10.1. The molecule has 0 aromatic heterocycles. The van der Waals surface area contributed by atoms with E-state index < -0.39 is 0 Å². The van der Waals surface area contributed by atoms with E-state index in [1.165, 1.54) is 0 Å². The summed E-state index contributed by atoms with van der Waals surface area (Å²) >= 11 is 0. The highest BCUT2D eigenvalue weighted by Gasteiger charge is 2.13. The number of ether oxygens (including phenoxy) is 4. The normalized spacial score (nSPS) is 9.14. The van der Waals surface area contributed by atoms with E-state index >= 15 is 0 Å². The molecule has 6 nitrogen and oxygen atoms in total. The summed E-state index contributed by atoms with van der Waals surface area (Å²) in [6.07, 6.45) is 0. The Balaban J connectivity index is 0.00000184. The molecule has 0 aliphatic rings. The molecule has 0 unspecified atom stereocenters. The molecule has 0 saturated carbocycles. The summed E-state index contributed by atoms with van der Waals surface area (Å²) in [4.78, 5) is 0. The van der Waals surface area contributed by atoms with Gasteiger partial charge < -0.3 is 29.6 Å². The molecule has 0 fully saturated rings. The first-order valence-corrected chi connectivity index (χ1v) is 10.1. The van der Waals surface area contributed by atoms with Crippen molar-refractivity contribution < 1.29 is 18.9 Å². The number of nitrogens with one attached hydrogen (secondary N) is 2. The van der Waals surface area contributed by atoms with Crippen LogP contribution in [-0.2, 0) is 6.54 Å². The van der Waals surface area contributed by atoms with Crippen LogP contribution in [0, 0.1) is 0 Å². The Kier molecular flexibility index (Phi) is 13.7. The van der Waals surface area contributed by atoms with E-state index in [-0.39, 0.29) is 0 Å². The van der Waals surface area contributed by atoms with Crippen LogP contribution < -0.4 is 29.6 Å². The number of rotatable bonds is 9. The second-order valence-corrected chi connectivity index (χ2v) is 5.32. The van der Waals surface area contributed by atoms with Crippen molar-refractivity contribution >= 4 is 11.4 Å². The minimum atomic E-state index is 0.572. The largest absolute Gasteiger partial charge is 0.496 e. The van der Waals surface area contributed by atoms with Crippen molar-refractivity contribution in [3.8, 4) is 23.0 Å². The lowest BCUT2D eigenvalue weighted by Gasteiger charge is -2.16. The number of methoxy groups -OCH3 is 4. The van der Waals surface area contributed by atoms with Crippen molar-refractivity contribution in [1.29, 1.82) is 0 Å². The number of anilines is 2. The van der Waals surface area contributed by atoms with E-state index in [0.717, 1.165) is 29.2 Å². The number of benzene rings is 2. The highest BCUT2D eigenvalue weighted by Crippen LogP contribution is 2.40. The van der Waals surface area contributed by atoms with Crippen molar-refractivity contribution in [3.63, 3.8) is 0 Å². The first kappa shape index (κ1) is 26.2. The average Bonchev–Trinajstić information content (AvgIpc) is 2.79. The standard InChI is InChI=1S/C19H26N2O4.2C2H6/c1-6-20-14-7-8-16(22-2)13(9-14)12-21-15-10-17(23-3)19(25-5)18(11-15)24-4;2*1-2/h7-11,20-21H,6,12H2,1-5H3;2*1-2H3. The minimum absolute atomic E-state index is 0.572. The van der Waals surface area contributed by atoms with Crippen molar-refractivity contribution in [2.24, 2.45) is 0 Å². The topological polar surface area (TPSA) is 61.0 Å². The van der Waals surface area contributed by atoms with Crippen LogP contribution in [0.15, 0.2) is 30.3 Å². The third-order valence-electron chi connectivity index (χ3n) is 3.81. The predicted molar refractivity (Wildman–Crippen MR) is 123 cm³/mol. The van der Waals surface area contributed by atoms with Crippen LogP contribution in [0.4, 0.5) is 11.4 Å². The number of hydrogen-bond acceptors (Lipinski definition) is 6. The fourth-order valence-corrected chi connectivity index (χ4v) is 2.61. The molecule has 2 aromatic rings. The molecule has 2 aromatic carbocycles. The van der Waals surface area contributed by atoms with Gasteiger partial charge in [-0.3, -0.25) is 0 Å². The van der Waals surface area contributed by atoms with Gasteiger partial charge in [-0.25, -0.2) is 0 Å². The first-order valence-electron chi connectivity index (χ1n) is 10.1. The summed E-state index contributed by atoms with van der Waals surface area (Å²) in [7, 11) is 6.46. The Morgan fingerprint density at radius 1 is 0.655 bits per heavy atom. The van der Waals surface area contributed by atoms with Gasteiger partial charge in [0.25, 0.3) is 0 Å². The first-order chi connectivity index (χ1) is 14.2. The van der Waals surface area contributed by atoms with E-state index in [1.54, 1.807) is 28.4 Å². The Hall–Kier alpha value is -2.76.